The van der Waals surface area contributed by atoms with Crippen LogP contribution in [0.4, 0.5) is 0 Å². The second-order valence-electron chi connectivity index (χ2n) is 3.20. The van der Waals surface area contributed by atoms with E-state index in [-0.39, 0.29) is 18.6 Å². The van der Waals surface area contributed by atoms with Gasteiger partial charge in [0.2, 0.25) is 0 Å². The SMILES string of the molecule is CCOC(=O)CN(C)C(C)C(C)O. The number of hydrogen-bond donors (Lipinski definition) is 1. The summed E-state index contributed by atoms with van der Waals surface area (Å²) in [6.07, 6.45) is -0.445. The van der Waals surface area contributed by atoms with E-state index in [1.165, 1.54) is 0 Å². The van der Waals surface area contributed by atoms with Gasteiger partial charge in [0.15, 0.2) is 0 Å². The molecular formula is C9H19NO3. The molecule has 0 aliphatic heterocycles. The molecular weight excluding hydrogens is 170 g/mol. The maximum absolute atomic E-state index is 11.0. The van der Waals surface area contributed by atoms with Gasteiger partial charge in [-0.1, -0.05) is 0 Å². The third kappa shape index (κ3) is 4.85. The first-order chi connectivity index (χ1) is 5.99. The quantitative estimate of drug-likeness (QED) is 0.630. The zero-order chi connectivity index (χ0) is 10.4. The first kappa shape index (κ1) is 12.4. The molecule has 0 saturated carbocycles. The molecule has 2 atom stereocenters. The smallest absolute Gasteiger partial charge is 0.320 e. The Hall–Kier alpha value is -0.610. The highest BCUT2D eigenvalue weighted by molar-refractivity contribution is 5.71. The number of hydrogen-bond acceptors (Lipinski definition) is 4. The molecule has 0 aromatic rings. The molecule has 0 bridgehead atoms. The summed E-state index contributed by atoms with van der Waals surface area (Å²) in [7, 11) is 1.79. The number of carbonyl (C=O) groups is 1. The molecule has 0 spiro atoms. The molecule has 0 aliphatic rings. The molecule has 0 saturated heterocycles. The van der Waals surface area contributed by atoms with Crippen molar-refractivity contribution < 1.29 is 14.6 Å². The summed E-state index contributed by atoms with van der Waals surface area (Å²) in [5, 5.41) is 9.24. The van der Waals surface area contributed by atoms with Crippen LogP contribution in [0.3, 0.4) is 0 Å². The predicted molar refractivity (Wildman–Crippen MR) is 50.4 cm³/mol. The molecule has 0 amide bonds. The first-order valence-corrected chi connectivity index (χ1v) is 4.53. The minimum Gasteiger partial charge on any atom is -0.465 e. The fourth-order valence-corrected chi connectivity index (χ4v) is 0.923. The predicted octanol–water partition coefficient (Wildman–Crippen LogP) is 0.251. The minimum atomic E-state index is -0.445. The summed E-state index contributed by atoms with van der Waals surface area (Å²) in [5.74, 6) is -0.252. The van der Waals surface area contributed by atoms with Gasteiger partial charge in [-0.2, -0.15) is 0 Å². The first-order valence-electron chi connectivity index (χ1n) is 4.53. The van der Waals surface area contributed by atoms with Gasteiger partial charge in [0, 0.05) is 6.04 Å². The lowest BCUT2D eigenvalue weighted by molar-refractivity contribution is -0.144. The molecule has 2 unspecified atom stereocenters. The van der Waals surface area contributed by atoms with E-state index < -0.39 is 6.10 Å². The molecule has 4 heteroatoms. The number of esters is 1. The number of ether oxygens (including phenoxy) is 1. The van der Waals surface area contributed by atoms with Crippen LogP contribution in [0.25, 0.3) is 0 Å². The van der Waals surface area contributed by atoms with Crippen LogP contribution in [0.1, 0.15) is 20.8 Å². The molecule has 0 aromatic heterocycles. The molecule has 1 N–H and O–H groups in total. The highest BCUT2D eigenvalue weighted by Gasteiger charge is 2.17. The van der Waals surface area contributed by atoms with Crippen LogP contribution in [0.15, 0.2) is 0 Å². The Morgan fingerprint density at radius 1 is 1.54 bits per heavy atom. The highest BCUT2D eigenvalue weighted by atomic mass is 16.5. The normalized spacial score (nSPS) is 15.5. The zero-order valence-corrected chi connectivity index (χ0v) is 8.78. The van der Waals surface area contributed by atoms with Crippen molar-refractivity contribution in [3.8, 4) is 0 Å². The summed E-state index contributed by atoms with van der Waals surface area (Å²) in [4.78, 5) is 12.8. The molecule has 0 aliphatic carbocycles. The van der Waals surface area contributed by atoms with Gasteiger partial charge in [-0.15, -0.1) is 0 Å². The van der Waals surface area contributed by atoms with Crippen LogP contribution in [-0.2, 0) is 9.53 Å². The molecule has 0 radical (unpaired) electrons. The fraction of sp³-hybridized carbons (Fsp3) is 0.889. The molecule has 13 heavy (non-hydrogen) atoms. The van der Waals surface area contributed by atoms with Crippen LogP contribution in [0.2, 0.25) is 0 Å². The topological polar surface area (TPSA) is 49.8 Å². The molecule has 0 rings (SSSR count). The zero-order valence-electron chi connectivity index (χ0n) is 8.78. The van der Waals surface area contributed by atoms with Gasteiger partial charge in [0.05, 0.1) is 19.3 Å². The summed E-state index contributed by atoms with van der Waals surface area (Å²) >= 11 is 0. The van der Waals surface area contributed by atoms with Crippen LogP contribution >= 0.6 is 0 Å². The Kier molecular flexibility index (Phi) is 5.66. The van der Waals surface area contributed by atoms with Crippen molar-refractivity contribution in [2.24, 2.45) is 0 Å². The Morgan fingerprint density at radius 3 is 2.46 bits per heavy atom. The van der Waals surface area contributed by atoms with E-state index in [1.54, 1.807) is 25.8 Å². The fourth-order valence-electron chi connectivity index (χ4n) is 0.923. The van der Waals surface area contributed by atoms with Crippen molar-refractivity contribution in [3.63, 3.8) is 0 Å². The number of rotatable bonds is 5. The third-order valence-electron chi connectivity index (χ3n) is 2.08. The van der Waals surface area contributed by atoms with Crippen molar-refractivity contribution >= 4 is 5.97 Å². The van der Waals surface area contributed by atoms with Gasteiger partial charge in [-0.3, -0.25) is 9.69 Å². The van der Waals surface area contributed by atoms with Gasteiger partial charge in [0.1, 0.15) is 0 Å². The van der Waals surface area contributed by atoms with Crippen molar-refractivity contribution in [2.75, 3.05) is 20.2 Å². The van der Waals surface area contributed by atoms with Crippen molar-refractivity contribution in [3.05, 3.63) is 0 Å². The second-order valence-corrected chi connectivity index (χ2v) is 3.20. The number of carbonyl (C=O) groups excluding carboxylic acids is 1. The molecule has 0 heterocycles. The summed E-state index contributed by atoms with van der Waals surface area (Å²) in [6, 6.07) is -0.0376. The van der Waals surface area contributed by atoms with E-state index in [2.05, 4.69) is 0 Å². The largest absolute Gasteiger partial charge is 0.465 e. The van der Waals surface area contributed by atoms with Crippen molar-refractivity contribution in [2.45, 2.75) is 32.9 Å². The molecule has 0 aromatic carbocycles. The van der Waals surface area contributed by atoms with E-state index in [9.17, 15) is 9.90 Å². The lowest BCUT2D eigenvalue weighted by Crippen LogP contribution is -2.40. The minimum absolute atomic E-state index is 0.0376. The van der Waals surface area contributed by atoms with E-state index in [0.29, 0.717) is 6.61 Å². The highest BCUT2D eigenvalue weighted by Crippen LogP contribution is 2.00. The number of aliphatic hydroxyl groups is 1. The molecule has 0 fully saturated rings. The van der Waals surface area contributed by atoms with Crippen LogP contribution < -0.4 is 0 Å². The van der Waals surface area contributed by atoms with E-state index in [0.717, 1.165) is 0 Å². The molecule has 78 valence electrons. The van der Waals surface area contributed by atoms with Crippen LogP contribution in [-0.4, -0.2) is 48.3 Å². The van der Waals surface area contributed by atoms with Gasteiger partial charge >= 0.3 is 5.97 Å². The maximum atomic E-state index is 11.0. The van der Waals surface area contributed by atoms with E-state index in [1.807, 2.05) is 6.92 Å². The Bertz CT molecular complexity index is 159. The van der Waals surface area contributed by atoms with E-state index in [4.69, 9.17) is 4.74 Å². The Balaban J connectivity index is 3.85. The van der Waals surface area contributed by atoms with Gasteiger partial charge in [0.25, 0.3) is 0 Å². The van der Waals surface area contributed by atoms with Gasteiger partial charge < -0.3 is 9.84 Å². The van der Waals surface area contributed by atoms with Crippen molar-refractivity contribution in [1.82, 2.24) is 4.90 Å². The second kappa shape index (κ2) is 5.94. The van der Waals surface area contributed by atoms with Gasteiger partial charge in [-0.05, 0) is 27.8 Å². The average molecular weight is 189 g/mol. The summed E-state index contributed by atoms with van der Waals surface area (Å²) in [5.41, 5.74) is 0. The summed E-state index contributed by atoms with van der Waals surface area (Å²) < 4.78 is 4.78. The number of likely N-dealkylation sites (N-methyl/N-ethyl adjacent to an activating group) is 1. The Labute approximate surface area is 79.5 Å². The van der Waals surface area contributed by atoms with Crippen LogP contribution in [0, 0.1) is 0 Å². The lowest BCUT2D eigenvalue weighted by Gasteiger charge is -2.25. The molecule has 4 nitrogen and oxygen atoms in total. The lowest BCUT2D eigenvalue weighted by atomic mass is 10.2. The van der Waals surface area contributed by atoms with Crippen LogP contribution in [0.5, 0.6) is 0 Å². The monoisotopic (exact) mass is 189 g/mol. The summed E-state index contributed by atoms with van der Waals surface area (Å²) in [6.45, 7) is 5.96. The standard InChI is InChI=1S/C9H19NO3/c1-5-13-9(12)6-10(4)7(2)8(3)11/h7-8,11H,5-6H2,1-4H3. The third-order valence-corrected chi connectivity index (χ3v) is 2.08. The maximum Gasteiger partial charge on any atom is 0.320 e. The van der Waals surface area contributed by atoms with Gasteiger partial charge in [-0.25, -0.2) is 0 Å². The van der Waals surface area contributed by atoms with E-state index >= 15 is 0 Å². The van der Waals surface area contributed by atoms with Crippen molar-refractivity contribution in [1.29, 1.82) is 0 Å². The average Bonchev–Trinajstić information content (AvgIpc) is 2.03. The number of nitrogens with zero attached hydrogens (tertiary/aromatic N) is 1. The Morgan fingerprint density at radius 2 is 2.08 bits per heavy atom. The number of aliphatic hydroxyl groups excluding tert-OH is 1.